The molecule has 134 valence electrons. The van der Waals surface area contributed by atoms with Gasteiger partial charge >= 0.3 is 0 Å². The molecule has 3 unspecified atom stereocenters. The highest BCUT2D eigenvalue weighted by Gasteiger charge is 2.36. The Morgan fingerprint density at radius 2 is 2.08 bits per heavy atom. The van der Waals surface area contributed by atoms with E-state index in [1.54, 1.807) is 0 Å². The summed E-state index contributed by atoms with van der Waals surface area (Å²) in [5.74, 6) is -0.173. The molecule has 0 aliphatic carbocycles. The Hall–Kier alpha value is -1.14. The molecule has 6 heteroatoms. The van der Waals surface area contributed by atoms with Gasteiger partial charge in [-0.2, -0.15) is 0 Å². The standard InChI is InChI=1S/C18H27N3O2.ClH/c19-18(22)17-8-4-5-9-21(17)16-10-15(20-11-16)13-23-12-14-6-2-1-3-7-14;/h1-3,6-7,15-17,20H,4-5,8-13H2,(H2,19,22);1H. The molecule has 3 N–H and O–H groups in total. The van der Waals surface area contributed by atoms with E-state index < -0.39 is 0 Å². The Kier molecular flexibility index (Phi) is 7.49. The average Bonchev–Trinajstić information content (AvgIpc) is 3.04. The lowest BCUT2D eigenvalue weighted by Crippen LogP contribution is -2.52. The predicted molar refractivity (Wildman–Crippen MR) is 97.1 cm³/mol. The lowest BCUT2D eigenvalue weighted by Gasteiger charge is -2.37. The van der Waals surface area contributed by atoms with Crippen molar-refractivity contribution in [3.63, 3.8) is 0 Å². The number of nitrogens with two attached hydrogens (primary N) is 1. The number of ether oxygens (including phenoxy) is 1. The summed E-state index contributed by atoms with van der Waals surface area (Å²) in [5, 5.41) is 3.53. The number of piperidine rings is 1. The highest BCUT2D eigenvalue weighted by atomic mass is 35.5. The fourth-order valence-corrected chi connectivity index (χ4v) is 3.77. The molecule has 2 saturated heterocycles. The third-order valence-electron chi connectivity index (χ3n) is 4.97. The minimum atomic E-state index is -0.173. The molecule has 1 aromatic rings. The third-order valence-corrected chi connectivity index (χ3v) is 4.97. The second-order valence-corrected chi connectivity index (χ2v) is 6.65. The highest BCUT2D eigenvalue weighted by Crippen LogP contribution is 2.24. The van der Waals surface area contributed by atoms with Crippen molar-refractivity contribution >= 4 is 18.3 Å². The summed E-state index contributed by atoms with van der Waals surface area (Å²) >= 11 is 0. The van der Waals surface area contributed by atoms with Gasteiger partial charge in [0.2, 0.25) is 5.91 Å². The van der Waals surface area contributed by atoms with Gasteiger partial charge in [-0.15, -0.1) is 12.4 Å². The van der Waals surface area contributed by atoms with E-state index >= 15 is 0 Å². The zero-order valence-corrected chi connectivity index (χ0v) is 14.8. The van der Waals surface area contributed by atoms with E-state index in [1.807, 2.05) is 18.2 Å². The smallest absolute Gasteiger partial charge is 0.234 e. The number of hydrogen-bond donors (Lipinski definition) is 2. The number of likely N-dealkylation sites (tertiary alicyclic amines) is 1. The molecule has 0 saturated carbocycles. The van der Waals surface area contributed by atoms with Gasteiger partial charge in [0, 0.05) is 18.6 Å². The maximum atomic E-state index is 11.7. The van der Waals surface area contributed by atoms with Crippen LogP contribution in [0.5, 0.6) is 0 Å². The van der Waals surface area contributed by atoms with Crippen molar-refractivity contribution in [1.29, 1.82) is 0 Å². The second-order valence-electron chi connectivity index (χ2n) is 6.65. The molecular weight excluding hydrogens is 326 g/mol. The number of carbonyl (C=O) groups excluding carboxylic acids is 1. The van der Waals surface area contributed by atoms with Gasteiger partial charge in [0.25, 0.3) is 0 Å². The Morgan fingerprint density at radius 1 is 1.29 bits per heavy atom. The predicted octanol–water partition coefficient (Wildman–Crippen LogP) is 1.70. The Morgan fingerprint density at radius 3 is 2.83 bits per heavy atom. The topological polar surface area (TPSA) is 67.6 Å². The molecular formula is C18H28ClN3O2. The first-order chi connectivity index (χ1) is 11.2. The number of carbonyl (C=O) groups is 1. The molecule has 0 spiro atoms. The van der Waals surface area contributed by atoms with Gasteiger partial charge in [-0.1, -0.05) is 36.8 Å². The van der Waals surface area contributed by atoms with Crippen molar-refractivity contribution in [3.8, 4) is 0 Å². The van der Waals surface area contributed by atoms with Crippen LogP contribution in [0, 0.1) is 0 Å². The van der Waals surface area contributed by atoms with Gasteiger partial charge in [0.05, 0.1) is 19.3 Å². The van der Waals surface area contributed by atoms with Crippen molar-refractivity contribution < 1.29 is 9.53 Å². The summed E-state index contributed by atoms with van der Waals surface area (Å²) < 4.78 is 5.84. The van der Waals surface area contributed by atoms with Gasteiger partial charge in [0.1, 0.15) is 0 Å². The van der Waals surface area contributed by atoms with Crippen LogP contribution in [0.1, 0.15) is 31.2 Å². The molecule has 24 heavy (non-hydrogen) atoms. The maximum Gasteiger partial charge on any atom is 0.234 e. The van der Waals surface area contributed by atoms with Crippen LogP contribution in [0.2, 0.25) is 0 Å². The average molecular weight is 354 g/mol. The Balaban J connectivity index is 0.00000208. The largest absolute Gasteiger partial charge is 0.375 e. The first-order valence-electron chi connectivity index (χ1n) is 8.64. The van der Waals surface area contributed by atoms with Crippen LogP contribution in [0.15, 0.2) is 30.3 Å². The molecule has 0 radical (unpaired) electrons. The van der Waals surface area contributed by atoms with Gasteiger partial charge < -0.3 is 15.8 Å². The summed E-state index contributed by atoms with van der Waals surface area (Å²) in [4.78, 5) is 14.0. The van der Waals surface area contributed by atoms with E-state index in [-0.39, 0.29) is 24.4 Å². The Labute approximate surface area is 150 Å². The summed E-state index contributed by atoms with van der Waals surface area (Å²) in [6.45, 7) is 3.26. The first-order valence-corrected chi connectivity index (χ1v) is 8.64. The molecule has 2 aliphatic rings. The fraction of sp³-hybridized carbons (Fsp3) is 0.611. The van der Waals surface area contributed by atoms with Gasteiger partial charge in [-0.3, -0.25) is 9.69 Å². The lowest BCUT2D eigenvalue weighted by atomic mass is 9.98. The number of nitrogens with one attached hydrogen (secondary N) is 1. The SMILES string of the molecule is Cl.NC(=O)C1CCCCN1C1CNC(COCc2ccccc2)C1. The number of nitrogens with zero attached hydrogens (tertiary/aromatic N) is 1. The van der Waals surface area contributed by atoms with E-state index in [9.17, 15) is 4.79 Å². The molecule has 3 rings (SSSR count). The molecule has 1 amide bonds. The van der Waals surface area contributed by atoms with Crippen molar-refractivity contribution in [2.75, 3.05) is 19.7 Å². The maximum absolute atomic E-state index is 11.7. The van der Waals surface area contributed by atoms with Gasteiger partial charge in [-0.05, 0) is 31.4 Å². The molecule has 5 nitrogen and oxygen atoms in total. The van der Waals surface area contributed by atoms with Gasteiger partial charge in [0.15, 0.2) is 0 Å². The van der Waals surface area contributed by atoms with Crippen molar-refractivity contribution in [2.45, 2.75) is 50.4 Å². The van der Waals surface area contributed by atoms with Gasteiger partial charge in [-0.25, -0.2) is 0 Å². The molecule has 0 bridgehead atoms. The van der Waals surface area contributed by atoms with E-state index in [2.05, 4.69) is 22.3 Å². The normalized spacial score (nSPS) is 27.6. The number of amides is 1. The Bertz CT molecular complexity index is 514. The van der Waals surface area contributed by atoms with Crippen molar-refractivity contribution in [1.82, 2.24) is 10.2 Å². The van der Waals surface area contributed by atoms with Crippen LogP contribution in [-0.4, -0.2) is 48.6 Å². The van der Waals surface area contributed by atoms with Crippen LogP contribution in [0.3, 0.4) is 0 Å². The van der Waals surface area contributed by atoms with E-state index in [0.29, 0.717) is 25.3 Å². The number of primary amides is 1. The van der Waals surface area contributed by atoms with Crippen molar-refractivity contribution in [2.24, 2.45) is 5.73 Å². The van der Waals surface area contributed by atoms with E-state index in [4.69, 9.17) is 10.5 Å². The highest BCUT2D eigenvalue weighted by molar-refractivity contribution is 5.85. The molecule has 0 aromatic heterocycles. The summed E-state index contributed by atoms with van der Waals surface area (Å²) in [5.41, 5.74) is 6.78. The zero-order valence-electron chi connectivity index (χ0n) is 14.0. The summed E-state index contributed by atoms with van der Waals surface area (Å²) in [7, 11) is 0. The van der Waals surface area contributed by atoms with Crippen LogP contribution < -0.4 is 11.1 Å². The number of benzene rings is 1. The number of halogens is 1. The zero-order chi connectivity index (χ0) is 16.1. The number of hydrogen-bond acceptors (Lipinski definition) is 4. The molecule has 3 atom stereocenters. The minimum absolute atomic E-state index is 0. The summed E-state index contributed by atoms with van der Waals surface area (Å²) in [6.07, 6.45) is 4.20. The molecule has 2 aliphatic heterocycles. The van der Waals surface area contributed by atoms with E-state index in [0.717, 1.165) is 38.8 Å². The monoisotopic (exact) mass is 353 g/mol. The minimum Gasteiger partial charge on any atom is -0.375 e. The third kappa shape index (κ3) is 4.93. The van der Waals surface area contributed by atoms with Crippen LogP contribution >= 0.6 is 12.4 Å². The van der Waals surface area contributed by atoms with E-state index in [1.165, 1.54) is 5.56 Å². The lowest BCUT2D eigenvalue weighted by molar-refractivity contribution is -0.125. The summed E-state index contributed by atoms with van der Waals surface area (Å²) in [6, 6.07) is 10.9. The van der Waals surface area contributed by atoms with Crippen LogP contribution in [0.25, 0.3) is 0 Å². The number of rotatable bonds is 6. The molecule has 2 heterocycles. The van der Waals surface area contributed by atoms with Crippen molar-refractivity contribution in [3.05, 3.63) is 35.9 Å². The molecule has 1 aromatic carbocycles. The quantitative estimate of drug-likeness (QED) is 0.816. The molecule has 2 fully saturated rings. The second kappa shape index (κ2) is 9.37. The fourth-order valence-electron chi connectivity index (χ4n) is 3.77. The first kappa shape index (κ1) is 19.2. The van der Waals surface area contributed by atoms with Crippen LogP contribution in [-0.2, 0) is 16.1 Å². The van der Waals surface area contributed by atoms with Crippen LogP contribution in [0.4, 0.5) is 0 Å².